The Hall–Kier alpha value is -3.51. The summed E-state index contributed by atoms with van der Waals surface area (Å²) < 4.78 is 31.5. The number of aryl methyl sites for hydroxylation is 1. The number of rotatable bonds is 6. The molecular weight excluding hydrogens is 600 g/mol. The van der Waals surface area contributed by atoms with Crippen molar-refractivity contribution in [1.82, 2.24) is 28.4 Å². The quantitative estimate of drug-likeness (QED) is 0.361. The summed E-state index contributed by atoms with van der Waals surface area (Å²) in [5.41, 5.74) is 0.986. The molecule has 3 aliphatic heterocycles. The molecule has 2 aromatic rings. The van der Waals surface area contributed by atoms with E-state index in [4.69, 9.17) is 9.47 Å². The Kier molecular flexibility index (Phi) is 10.1. The first-order valence-electron chi connectivity index (χ1n) is 15.5. The van der Waals surface area contributed by atoms with Gasteiger partial charge < -0.3 is 14.8 Å². The number of nitrogens with zero attached hydrogens (tertiary/aromatic N) is 4. The number of ether oxygens (including phenoxy) is 2. The number of fused-ring (bicyclic) bond motifs is 1. The van der Waals surface area contributed by atoms with Gasteiger partial charge in [-0.25, -0.2) is 22.4 Å². The van der Waals surface area contributed by atoms with Crippen molar-refractivity contribution in [2.24, 2.45) is 7.05 Å². The maximum Gasteiger partial charge on any atom is 0.407 e. The van der Waals surface area contributed by atoms with Gasteiger partial charge in [0.15, 0.2) is 11.2 Å². The van der Waals surface area contributed by atoms with Crippen molar-refractivity contribution < 1.29 is 28.1 Å². The Morgan fingerprint density at radius 3 is 2.36 bits per heavy atom. The number of carbonyl (C=O) groups excluding carboxylic acids is 3. The van der Waals surface area contributed by atoms with Gasteiger partial charge >= 0.3 is 11.8 Å². The van der Waals surface area contributed by atoms with Crippen LogP contribution in [0.4, 0.5) is 4.79 Å². The summed E-state index contributed by atoms with van der Waals surface area (Å²) in [7, 11) is 1.65. The van der Waals surface area contributed by atoms with Crippen LogP contribution in [-0.2, 0) is 37.3 Å². The molecule has 0 spiro atoms. The zero-order chi connectivity index (χ0) is 32.3. The van der Waals surface area contributed by atoms with Crippen LogP contribution in [0.15, 0.2) is 23.0 Å². The van der Waals surface area contributed by atoms with Crippen LogP contribution in [0.25, 0.3) is 11.0 Å². The van der Waals surface area contributed by atoms with E-state index in [2.05, 4.69) is 22.5 Å². The average Bonchev–Trinajstić information content (AvgIpc) is 3.24. The van der Waals surface area contributed by atoms with Crippen LogP contribution in [0.3, 0.4) is 0 Å². The topological polar surface area (TPSA) is 144 Å². The number of benzene rings is 1. The molecule has 3 aliphatic rings. The highest BCUT2D eigenvalue weighted by Crippen LogP contribution is 2.25. The first kappa shape index (κ1) is 32.9. The lowest BCUT2D eigenvalue weighted by atomic mass is 10.1. The first-order valence-corrected chi connectivity index (χ1v) is 16.5. The van der Waals surface area contributed by atoms with Gasteiger partial charge in [-0.1, -0.05) is 17.9 Å². The number of aromatic nitrogens is 2. The van der Waals surface area contributed by atoms with Gasteiger partial charge in [-0.15, -0.1) is 0 Å². The van der Waals surface area contributed by atoms with E-state index in [1.807, 2.05) is 35.4 Å². The van der Waals surface area contributed by atoms with Crippen LogP contribution in [-0.4, -0.2) is 90.4 Å². The lowest BCUT2D eigenvalue weighted by molar-refractivity contribution is -0.135. The number of nitrogens with one attached hydrogen (secondary N) is 2. The Morgan fingerprint density at radius 2 is 1.71 bits per heavy atom. The lowest BCUT2D eigenvalue weighted by Gasteiger charge is -2.37. The Morgan fingerprint density at radius 1 is 1.04 bits per heavy atom. The lowest BCUT2D eigenvalue weighted by Crippen LogP contribution is -2.50. The third-order valence-electron chi connectivity index (χ3n) is 8.26. The molecule has 3 amide bonds. The second-order valence-corrected chi connectivity index (χ2v) is 14.2. The van der Waals surface area contributed by atoms with Gasteiger partial charge in [-0.3, -0.25) is 24.0 Å². The molecule has 0 saturated carbocycles. The van der Waals surface area contributed by atoms with Crippen molar-refractivity contribution in [2.75, 3.05) is 32.8 Å². The molecule has 2 unspecified atom stereocenters. The van der Waals surface area contributed by atoms with Crippen molar-refractivity contribution in [3.05, 3.63) is 34.2 Å². The van der Waals surface area contributed by atoms with Crippen LogP contribution in [0.2, 0.25) is 0 Å². The predicted octanol–water partition coefficient (Wildman–Crippen LogP) is 1.72. The summed E-state index contributed by atoms with van der Waals surface area (Å²) in [5.74, 6) is 5.38. The Balaban J connectivity index is 1.10. The van der Waals surface area contributed by atoms with Crippen molar-refractivity contribution in [3.8, 4) is 11.8 Å². The maximum absolute atomic E-state index is 13.2. The molecule has 13 nitrogen and oxygen atoms in total. The standard InChI is InChI=1S/C31H42N6O7S/c1-31(2,3)44-29(40)32-22-12-16-35(17-13-22)45(42)36-18-14-23(15-19-36)43-20-6-8-21-7-5-9-24-27(21)34(4)30(41)37(24)25-10-11-26(38)33-28(25)39/h5,7,9,22-23,25H,10-20H2,1-4H3,(H,32,40)(H,33,38,39). The summed E-state index contributed by atoms with van der Waals surface area (Å²) in [6, 6.07) is 4.66. The van der Waals surface area contributed by atoms with Gasteiger partial charge in [-0.2, -0.15) is 0 Å². The molecule has 2 N–H and O–H groups in total. The van der Waals surface area contributed by atoms with Crippen LogP contribution in [0, 0.1) is 11.8 Å². The summed E-state index contributed by atoms with van der Waals surface area (Å²) in [5, 5.41) is 5.24. The Bertz CT molecular complexity index is 1580. The van der Waals surface area contributed by atoms with Crippen LogP contribution >= 0.6 is 0 Å². The Labute approximate surface area is 265 Å². The van der Waals surface area contributed by atoms with E-state index in [-0.39, 0.29) is 43.2 Å². The molecular formula is C31H42N6O7S. The van der Waals surface area contributed by atoms with E-state index < -0.39 is 34.8 Å². The second kappa shape index (κ2) is 13.9. The molecule has 14 heteroatoms. The van der Waals surface area contributed by atoms with Gasteiger partial charge in [0.1, 0.15) is 18.2 Å². The van der Waals surface area contributed by atoms with Crippen molar-refractivity contribution in [2.45, 2.75) is 83.1 Å². The highest BCUT2D eigenvalue weighted by Gasteiger charge is 2.32. The average molecular weight is 643 g/mol. The minimum atomic E-state index is -1.24. The van der Waals surface area contributed by atoms with Gasteiger partial charge in [0.2, 0.25) is 11.8 Å². The molecule has 3 saturated heterocycles. The molecule has 244 valence electrons. The highest BCUT2D eigenvalue weighted by molar-refractivity contribution is 7.80. The molecule has 5 rings (SSSR count). The number of amides is 3. The minimum absolute atomic E-state index is 0.00469. The van der Waals surface area contributed by atoms with Gasteiger partial charge in [0, 0.05) is 45.7 Å². The number of para-hydroxylation sites is 1. The van der Waals surface area contributed by atoms with Crippen LogP contribution < -0.4 is 16.3 Å². The van der Waals surface area contributed by atoms with Gasteiger partial charge in [0.05, 0.1) is 22.7 Å². The summed E-state index contributed by atoms with van der Waals surface area (Å²) in [6.45, 7) is 8.28. The second-order valence-electron chi connectivity index (χ2n) is 12.7. The summed E-state index contributed by atoms with van der Waals surface area (Å²) in [4.78, 5) is 49.3. The van der Waals surface area contributed by atoms with Gasteiger partial charge in [0.25, 0.3) is 0 Å². The van der Waals surface area contributed by atoms with Gasteiger partial charge in [-0.05, 0) is 65.0 Å². The molecule has 1 aromatic carbocycles. The third-order valence-corrected chi connectivity index (χ3v) is 9.87. The van der Waals surface area contributed by atoms with E-state index in [1.54, 1.807) is 19.2 Å². The van der Waals surface area contributed by atoms with E-state index in [1.165, 1.54) is 9.13 Å². The first-order chi connectivity index (χ1) is 21.4. The summed E-state index contributed by atoms with van der Waals surface area (Å²) in [6.07, 6.45) is 2.95. The third kappa shape index (κ3) is 7.84. The fraction of sp³-hybridized carbons (Fsp3) is 0.613. The number of carbonyl (C=O) groups is 3. The molecule has 4 heterocycles. The van der Waals surface area contributed by atoms with Crippen LogP contribution in [0.1, 0.15) is 70.9 Å². The summed E-state index contributed by atoms with van der Waals surface area (Å²) >= 11 is -1.24. The molecule has 1 aromatic heterocycles. The smallest absolute Gasteiger partial charge is 0.407 e. The number of imide groups is 1. The highest BCUT2D eigenvalue weighted by atomic mass is 32.2. The van der Waals surface area contributed by atoms with E-state index in [9.17, 15) is 23.4 Å². The molecule has 0 radical (unpaired) electrons. The predicted molar refractivity (Wildman–Crippen MR) is 168 cm³/mol. The zero-order valence-electron chi connectivity index (χ0n) is 26.3. The SMILES string of the molecule is Cn1c(=O)n(C2CCC(=O)NC2=O)c2cccc(C#CCOC3CCN(S(=O)N4CCC(NC(=O)OC(C)(C)C)CC4)CC3)c21. The number of piperidine rings is 3. The molecule has 45 heavy (non-hydrogen) atoms. The number of imidazole rings is 1. The van der Waals surface area contributed by atoms with Crippen molar-refractivity contribution >= 4 is 40.1 Å². The fourth-order valence-electron chi connectivity index (χ4n) is 6.01. The number of hydrogen-bond donors (Lipinski definition) is 2. The fourth-order valence-corrected chi connectivity index (χ4v) is 7.38. The van der Waals surface area contributed by atoms with E-state index >= 15 is 0 Å². The normalized spacial score (nSPS) is 21.6. The molecule has 0 bridgehead atoms. The zero-order valence-corrected chi connectivity index (χ0v) is 27.1. The number of alkyl carbamates (subject to hydrolysis) is 1. The molecule has 0 aliphatic carbocycles. The largest absolute Gasteiger partial charge is 0.444 e. The van der Waals surface area contributed by atoms with Crippen molar-refractivity contribution in [1.29, 1.82) is 0 Å². The molecule has 3 fully saturated rings. The minimum Gasteiger partial charge on any atom is -0.444 e. The number of hydrogen-bond acceptors (Lipinski definition) is 7. The van der Waals surface area contributed by atoms with E-state index in [0.29, 0.717) is 55.6 Å². The van der Waals surface area contributed by atoms with Crippen LogP contribution in [0.5, 0.6) is 0 Å². The van der Waals surface area contributed by atoms with Crippen molar-refractivity contribution in [3.63, 3.8) is 0 Å². The van der Waals surface area contributed by atoms with E-state index in [0.717, 1.165) is 12.8 Å². The monoisotopic (exact) mass is 642 g/mol. The molecule has 2 atom stereocenters. The maximum atomic E-state index is 13.2.